The number of carbonyl (C=O) groups is 1. The average Bonchev–Trinajstić information content (AvgIpc) is 3.04. The fourth-order valence-electron chi connectivity index (χ4n) is 2.85. The summed E-state index contributed by atoms with van der Waals surface area (Å²) in [4.78, 5) is 23.7. The first kappa shape index (κ1) is 16.8. The standard InChI is InChI=1S/C17H17FN6OS/c1-23-15-13(10-19-23)16(24-6-8-26-9-7-24)22-14(21-15)17(25)20-12-4-2-11(18)3-5-12/h2-5,10H,6-9H2,1H3,(H,20,25). The number of nitrogens with zero attached hydrogens (tertiary/aromatic N) is 5. The van der Waals surface area contributed by atoms with E-state index >= 15 is 0 Å². The van der Waals surface area contributed by atoms with Gasteiger partial charge in [0.25, 0.3) is 5.91 Å². The fraction of sp³-hybridized carbons (Fsp3) is 0.294. The molecule has 2 aromatic heterocycles. The highest BCUT2D eigenvalue weighted by atomic mass is 32.2. The summed E-state index contributed by atoms with van der Waals surface area (Å²) in [6.07, 6.45) is 1.73. The summed E-state index contributed by atoms with van der Waals surface area (Å²) in [6, 6.07) is 5.58. The van der Waals surface area contributed by atoms with Gasteiger partial charge < -0.3 is 10.2 Å². The minimum absolute atomic E-state index is 0.0682. The molecule has 0 saturated carbocycles. The Kier molecular flexibility index (Phi) is 4.46. The van der Waals surface area contributed by atoms with Crippen LogP contribution in [0.25, 0.3) is 11.0 Å². The van der Waals surface area contributed by atoms with Gasteiger partial charge in [0.2, 0.25) is 5.82 Å². The quantitative estimate of drug-likeness (QED) is 0.760. The molecule has 9 heteroatoms. The zero-order valence-corrected chi connectivity index (χ0v) is 15.0. The number of hydrogen-bond donors (Lipinski definition) is 1. The summed E-state index contributed by atoms with van der Waals surface area (Å²) >= 11 is 1.90. The molecule has 0 atom stereocenters. The number of aromatic nitrogens is 4. The van der Waals surface area contributed by atoms with Crippen molar-refractivity contribution in [3.63, 3.8) is 0 Å². The highest BCUT2D eigenvalue weighted by Crippen LogP contribution is 2.26. The van der Waals surface area contributed by atoms with Crippen LogP contribution in [0.5, 0.6) is 0 Å². The molecule has 1 aromatic carbocycles. The normalized spacial score (nSPS) is 14.6. The van der Waals surface area contributed by atoms with E-state index in [2.05, 4.69) is 25.3 Å². The Morgan fingerprint density at radius 2 is 1.92 bits per heavy atom. The van der Waals surface area contributed by atoms with Gasteiger partial charge in [0.1, 0.15) is 11.6 Å². The highest BCUT2D eigenvalue weighted by Gasteiger charge is 2.21. The third-order valence-corrected chi connectivity index (χ3v) is 5.13. The number of halogens is 1. The number of fused-ring (bicyclic) bond motifs is 1. The first-order chi connectivity index (χ1) is 12.6. The Morgan fingerprint density at radius 3 is 2.65 bits per heavy atom. The Bertz CT molecular complexity index is 952. The van der Waals surface area contributed by atoms with E-state index in [4.69, 9.17) is 0 Å². The van der Waals surface area contributed by atoms with Crippen LogP contribution >= 0.6 is 11.8 Å². The first-order valence-electron chi connectivity index (χ1n) is 8.21. The minimum atomic E-state index is -0.438. The van der Waals surface area contributed by atoms with Gasteiger partial charge >= 0.3 is 0 Å². The van der Waals surface area contributed by atoms with Crippen LogP contribution in [0.4, 0.5) is 15.9 Å². The maximum atomic E-state index is 13.0. The van der Waals surface area contributed by atoms with E-state index in [0.29, 0.717) is 11.3 Å². The van der Waals surface area contributed by atoms with Gasteiger partial charge in [0, 0.05) is 37.3 Å². The summed E-state index contributed by atoms with van der Waals surface area (Å²) in [6.45, 7) is 1.73. The largest absolute Gasteiger partial charge is 0.354 e. The van der Waals surface area contributed by atoms with Gasteiger partial charge in [-0.25, -0.2) is 14.4 Å². The van der Waals surface area contributed by atoms with Crippen LogP contribution in [0.3, 0.4) is 0 Å². The summed E-state index contributed by atoms with van der Waals surface area (Å²) < 4.78 is 14.7. The van der Waals surface area contributed by atoms with Gasteiger partial charge in [0.05, 0.1) is 11.6 Å². The zero-order chi connectivity index (χ0) is 18.1. The van der Waals surface area contributed by atoms with Gasteiger partial charge in [-0.2, -0.15) is 16.9 Å². The van der Waals surface area contributed by atoms with Crippen LogP contribution in [-0.4, -0.2) is 50.3 Å². The summed E-state index contributed by atoms with van der Waals surface area (Å²) in [5, 5.41) is 7.79. The molecule has 0 radical (unpaired) electrons. The summed E-state index contributed by atoms with van der Waals surface area (Å²) in [5.41, 5.74) is 1.10. The fourth-order valence-corrected chi connectivity index (χ4v) is 3.75. The lowest BCUT2D eigenvalue weighted by Crippen LogP contribution is -2.34. The molecule has 1 amide bonds. The highest BCUT2D eigenvalue weighted by molar-refractivity contribution is 7.99. The van der Waals surface area contributed by atoms with Crippen molar-refractivity contribution in [1.29, 1.82) is 0 Å². The number of anilines is 2. The SMILES string of the molecule is Cn1ncc2c(N3CCSCC3)nc(C(=O)Nc3ccc(F)cc3)nc21. The molecule has 0 unspecified atom stereocenters. The van der Waals surface area contributed by atoms with Crippen LogP contribution in [0.1, 0.15) is 10.6 Å². The topological polar surface area (TPSA) is 75.9 Å². The third-order valence-electron chi connectivity index (χ3n) is 4.19. The van der Waals surface area contributed by atoms with Crippen LogP contribution < -0.4 is 10.2 Å². The maximum absolute atomic E-state index is 13.0. The van der Waals surface area contributed by atoms with Crippen molar-refractivity contribution in [3.8, 4) is 0 Å². The molecule has 1 N–H and O–H groups in total. The molecule has 3 heterocycles. The lowest BCUT2D eigenvalue weighted by atomic mass is 10.3. The second-order valence-corrected chi connectivity index (χ2v) is 7.16. The second-order valence-electron chi connectivity index (χ2n) is 5.94. The number of aryl methyl sites for hydroxylation is 1. The predicted octanol–water partition coefficient (Wildman–Crippen LogP) is 2.31. The van der Waals surface area contributed by atoms with E-state index < -0.39 is 5.91 Å². The van der Waals surface area contributed by atoms with Crippen LogP contribution in [0.2, 0.25) is 0 Å². The minimum Gasteiger partial charge on any atom is -0.354 e. The van der Waals surface area contributed by atoms with E-state index in [1.165, 1.54) is 24.3 Å². The molecule has 26 heavy (non-hydrogen) atoms. The Labute approximate surface area is 153 Å². The summed E-state index contributed by atoms with van der Waals surface area (Å²) in [5.74, 6) is 2.03. The van der Waals surface area contributed by atoms with Crippen molar-refractivity contribution in [2.45, 2.75) is 0 Å². The second kappa shape index (κ2) is 6.91. The average molecular weight is 372 g/mol. The Morgan fingerprint density at radius 1 is 1.19 bits per heavy atom. The maximum Gasteiger partial charge on any atom is 0.293 e. The van der Waals surface area contributed by atoms with Crippen molar-refractivity contribution in [2.24, 2.45) is 7.05 Å². The third kappa shape index (κ3) is 3.22. The lowest BCUT2D eigenvalue weighted by molar-refractivity contribution is 0.101. The van der Waals surface area contributed by atoms with E-state index in [9.17, 15) is 9.18 Å². The molecule has 7 nitrogen and oxygen atoms in total. The van der Waals surface area contributed by atoms with Gasteiger partial charge in [-0.15, -0.1) is 0 Å². The van der Waals surface area contributed by atoms with E-state index in [0.717, 1.165) is 35.8 Å². The van der Waals surface area contributed by atoms with Crippen molar-refractivity contribution in [2.75, 3.05) is 34.8 Å². The number of hydrogen-bond acceptors (Lipinski definition) is 6. The lowest BCUT2D eigenvalue weighted by Gasteiger charge is -2.27. The smallest absolute Gasteiger partial charge is 0.293 e. The molecule has 1 aliphatic heterocycles. The number of amides is 1. The van der Waals surface area contributed by atoms with Crippen LogP contribution in [0.15, 0.2) is 30.5 Å². The number of rotatable bonds is 3. The van der Waals surface area contributed by atoms with Crippen molar-refractivity contribution in [3.05, 3.63) is 42.1 Å². The molecule has 0 aliphatic carbocycles. The molecular formula is C17H17FN6OS. The van der Waals surface area contributed by atoms with E-state index in [1.807, 2.05) is 11.8 Å². The molecule has 1 saturated heterocycles. The number of thioether (sulfide) groups is 1. The van der Waals surface area contributed by atoms with Crippen LogP contribution in [0, 0.1) is 5.82 Å². The summed E-state index contributed by atoms with van der Waals surface area (Å²) in [7, 11) is 1.78. The van der Waals surface area contributed by atoms with E-state index in [-0.39, 0.29) is 11.6 Å². The number of nitrogens with one attached hydrogen (secondary N) is 1. The molecular weight excluding hydrogens is 355 g/mol. The first-order valence-corrected chi connectivity index (χ1v) is 9.36. The number of carbonyl (C=O) groups excluding carboxylic acids is 1. The Hall–Kier alpha value is -2.68. The molecule has 3 aromatic rings. The van der Waals surface area contributed by atoms with Gasteiger partial charge in [-0.3, -0.25) is 9.48 Å². The molecule has 134 valence electrons. The monoisotopic (exact) mass is 372 g/mol. The predicted molar refractivity (Wildman–Crippen MR) is 100 cm³/mol. The molecule has 4 rings (SSSR count). The van der Waals surface area contributed by atoms with Crippen molar-refractivity contribution in [1.82, 2.24) is 19.7 Å². The van der Waals surface area contributed by atoms with Gasteiger partial charge in [-0.1, -0.05) is 0 Å². The number of benzene rings is 1. The van der Waals surface area contributed by atoms with Gasteiger partial charge in [-0.05, 0) is 24.3 Å². The zero-order valence-electron chi connectivity index (χ0n) is 14.1. The van der Waals surface area contributed by atoms with Gasteiger partial charge in [0.15, 0.2) is 5.65 Å². The van der Waals surface area contributed by atoms with Crippen molar-refractivity contribution >= 4 is 40.2 Å². The molecule has 0 spiro atoms. The Balaban J connectivity index is 1.71. The van der Waals surface area contributed by atoms with Crippen LogP contribution in [-0.2, 0) is 7.05 Å². The van der Waals surface area contributed by atoms with E-state index in [1.54, 1.807) is 17.9 Å². The molecule has 0 bridgehead atoms. The molecule has 1 aliphatic rings. The van der Waals surface area contributed by atoms with Crippen molar-refractivity contribution < 1.29 is 9.18 Å². The molecule has 1 fully saturated rings.